The molecular formula is C10H17BrN4O2S. The molecule has 0 bridgehead atoms. The lowest BCUT2D eigenvalue weighted by atomic mass is 10.0. The van der Waals surface area contributed by atoms with E-state index in [2.05, 4.69) is 26.5 Å². The van der Waals surface area contributed by atoms with Crippen LogP contribution in [0, 0.1) is 0 Å². The van der Waals surface area contributed by atoms with Crippen LogP contribution in [0.5, 0.6) is 0 Å². The van der Waals surface area contributed by atoms with Gasteiger partial charge in [0.2, 0.25) is 0 Å². The van der Waals surface area contributed by atoms with E-state index in [1.54, 1.807) is 17.9 Å². The Bertz CT molecular complexity index is 508. The molecule has 0 radical (unpaired) electrons. The van der Waals surface area contributed by atoms with Crippen LogP contribution < -0.4 is 11.3 Å². The predicted molar refractivity (Wildman–Crippen MR) is 72.4 cm³/mol. The Morgan fingerprint density at radius 1 is 1.61 bits per heavy atom. The normalized spacial score (nSPS) is 24.9. The largest absolute Gasteiger partial charge is 0.271 e. The Morgan fingerprint density at radius 2 is 2.33 bits per heavy atom. The van der Waals surface area contributed by atoms with Gasteiger partial charge in [0, 0.05) is 7.05 Å². The second-order valence-electron chi connectivity index (χ2n) is 4.55. The minimum atomic E-state index is -3.10. The zero-order valence-corrected chi connectivity index (χ0v) is 12.5. The van der Waals surface area contributed by atoms with Gasteiger partial charge in [-0.05, 0) is 28.8 Å². The molecule has 2 atom stereocenters. The summed E-state index contributed by atoms with van der Waals surface area (Å²) in [6.07, 6.45) is 3.93. The van der Waals surface area contributed by atoms with Crippen LogP contribution in [0.4, 0.5) is 0 Å². The van der Waals surface area contributed by atoms with Gasteiger partial charge in [0.1, 0.15) is 0 Å². The zero-order valence-electron chi connectivity index (χ0n) is 10.1. The Balaban J connectivity index is 2.40. The van der Waals surface area contributed by atoms with Crippen molar-refractivity contribution in [2.24, 2.45) is 12.9 Å². The molecular weight excluding hydrogens is 320 g/mol. The van der Waals surface area contributed by atoms with Crippen molar-refractivity contribution >= 4 is 25.8 Å². The van der Waals surface area contributed by atoms with E-state index in [-0.39, 0.29) is 5.75 Å². The molecule has 1 aliphatic heterocycles. The summed E-state index contributed by atoms with van der Waals surface area (Å²) in [7, 11) is -1.32. The highest BCUT2D eigenvalue weighted by molar-refractivity contribution is 9.10. The summed E-state index contributed by atoms with van der Waals surface area (Å²) in [5.74, 6) is 5.82. The van der Waals surface area contributed by atoms with Gasteiger partial charge >= 0.3 is 0 Å². The second kappa shape index (κ2) is 5.28. The van der Waals surface area contributed by atoms with Gasteiger partial charge in [-0.3, -0.25) is 16.0 Å². The molecule has 8 heteroatoms. The average molecular weight is 337 g/mol. The van der Waals surface area contributed by atoms with E-state index in [9.17, 15) is 8.42 Å². The second-order valence-corrected chi connectivity index (χ2v) is 7.74. The number of aryl methyl sites for hydroxylation is 1. The van der Waals surface area contributed by atoms with Crippen molar-refractivity contribution in [2.45, 2.75) is 30.6 Å². The standard InChI is InChI=1S/C10H17BrN4O2S/c1-15-10(7(11)6-13-15)9(14-12)8-4-2-3-5-18(8,16)17/h6,8-9,14H,2-5,12H2,1H3. The van der Waals surface area contributed by atoms with Gasteiger partial charge in [-0.15, -0.1) is 0 Å². The summed E-state index contributed by atoms with van der Waals surface area (Å²) in [6.45, 7) is 0. The summed E-state index contributed by atoms with van der Waals surface area (Å²) in [5, 5.41) is 3.62. The lowest BCUT2D eigenvalue weighted by Gasteiger charge is -2.29. The third kappa shape index (κ3) is 2.47. The van der Waals surface area contributed by atoms with Crippen LogP contribution in [0.15, 0.2) is 10.7 Å². The zero-order chi connectivity index (χ0) is 13.3. The molecule has 0 amide bonds. The van der Waals surface area contributed by atoms with E-state index in [4.69, 9.17) is 5.84 Å². The average Bonchev–Trinajstić information content (AvgIpc) is 2.63. The van der Waals surface area contributed by atoms with Crippen molar-refractivity contribution in [3.63, 3.8) is 0 Å². The number of hydrazine groups is 1. The molecule has 0 spiro atoms. The number of nitrogens with two attached hydrogens (primary N) is 1. The first-order valence-corrected chi connectivity index (χ1v) is 8.33. The molecule has 18 heavy (non-hydrogen) atoms. The minimum absolute atomic E-state index is 0.241. The van der Waals surface area contributed by atoms with Crippen LogP contribution in [0.1, 0.15) is 31.0 Å². The Kier molecular flexibility index (Phi) is 4.10. The molecule has 1 aromatic rings. The van der Waals surface area contributed by atoms with Crippen molar-refractivity contribution < 1.29 is 8.42 Å². The van der Waals surface area contributed by atoms with Crippen LogP contribution in [0.3, 0.4) is 0 Å². The van der Waals surface area contributed by atoms with Crippen LogP contribution in [-0.4, -0.2) is 29.2 Å². The maximum Gasteiger partial charge on any atom is 0.155 e. The van der Waals surface area contributed by atoms with Gasteiger partial charge in [-0.1, -0.05) is 6.42 Å². The van der Waals surface area contributed by atoms with Gasteiger partial charge in [0.05, 0.1) is 33.4 Å². The number of rotatable bonds is 3. The third-order valence-corrected chi connectivity index (χ3v) is 6.31. The summed E-state index contributed by atoms with van der Waals surface area (Å²) >= 11 is 3.39. The first-order valence-electron chi connectivity index (χ1n) is 5.82. The molecule has 2 unspecified atom stereocenters. The number of nitrogens with zero attached hydrogens (tertiary/aromatic N) is 2. The monoisotopic (exact) mass is 336 g/mol. The molecule has 1 aliphatic rings. The first kappa shape index (κ1) is 14.0. The van der Waals surface area contributed by atoms with E-state index in [0.29, 0.717) is 6.42 Å². The molecule has 0 saturated carbocycles. The first-order chi connectivity index (χ1) is 8.47. The van der Waals surface area contributed by atoms with Gasteiger partial charge in [-0.25, -0.2) is 8.42 Å². The topological polar surface area (TPSA) is 90.0 Å². The fraction of sp³-hybridized carbons (Fsp3) is 0.700. The highest BCUT2D eigenvalue weighted by Gasteiger charge is 2.38. The van der Waals surface area contributed by atoms with Crippen LogP contribution >= 0.6 is 15.9 Å². The fourth-order valence-corrected chi connectivity index (χ4v) is 5.14. The number of halogens is 1. The minimum Gasteiger partial charge on any atom is -0.271 e. The highest BCUT2D eigenvalue weighted by Crippen LogP contribution is 2.33. The Hall–Kier alpha value is -0.440. The van der Waals surface area contributed by atoms with Gasteiger partial charge in [0.25, 0.3) is 0 Å². The Labute approximate surface area is 115 Å². The molecule has 0 aliphatic carbocycles. The summed E-state index contributed by atoms with van der Waals surface area (Å²) in [5.41, 5.74) is 3.41. The quantitative estimate of drug-likeness (QED) is 0.625. The predicted octanol–water partition coefficient (Wildman–Crippen LogP) is 0.654. The lowest BCUT2D eigenvalue weighted by molar-refractivity contribution is 0.433. The molecule has 6 nitrogen and oxygen atoms in total. The van der Waals surface area contributed by atoms with E-state index in [1.807, 2.05) is 0 Å². The smallest absolute Gasteiger partial charge is 0.155 e. The van der Waals surface area contributed by atoms with Gasteiger partial charge < -0.3 is 0 Å². The van der Waals surface area contributed by atoms with Crippen molar-refractivity contribution in [1.29, 1.82) is 0 Å². The molecule has 0 aromatic carbocycles. The maximum absolute atomic E-state index is 12.2. The SMILES string of the molecule is Cn1ncc(Br)c1C(NN)C1CCCCS1(=O)=O. The molecule has 1 saturated heterocycles. The van der Waals surface area contributed by atoms with Crippen molar-refractivity contribution in [3.05, 3.63) is 16.4 Å². The van der Waals surface area contributed by atoms with Crippen molar-refractivity contribution in [1.82, 2.24) is 15.2 Å². The van der Waals surface area contributed by atoms with Gasteiger partial charge in [0.15, 0.2) is 9.84 Å². The van der Waals surface area contributed by atoms with Crippen LogP contribution in [-0.2, 0) is 16.9 Å². The molecule has 1 aromatic heterocycles. The number of nitrogens with one attached hydrogen (secondary N) is 1. The number of hydrogen-bond acceptors (Lipinski definition) is 5. The summed E-state index contributed by atoms with van der Waals surface area (Å²) in [4.78, 5) is 0. The Morgan fingerprint density at radius 3 is 2.83 bits per heavy atom. The molecule has 2 rings (SSSR count). The molecule has 1 fully saturated rings. The summed E-state index contributed by atoms with van der Waals surface area (Å²) in [6, 6.07) is -0.433. The summed E-state index contributed by atoms with van der Waals surface area (Å²) < 4.78 is 26.7. The van der Waals surface area contributed by atoms with Crippen molar-refractivity contribution in [3.8, 4) is 0 Å². The number of sulfone groups is 1. The van der Waals surface area contributed by atoms with Crippen LogP contribution in [0.2, 0.25) is 0 Å². The fourth-order valence-electron chi connectivity index (χ4n) is 2.49. The van der Waals surface area contributed by atoms with Crippen molar-refractivity contribution in [2.75, 3.05) is 5.75 Å². The van der Waals surface area contributed by atoms with E-state index < -0.39 is 21.1 Å². The molecule has 102 valence electrons. The van der Waals surface area contributed by atoms with E-state index in [0.717, 1.165) is 23.0 Å². The maximum atomic E-state index is 12.2. The molecule has 3 N–H and O–H groups in total. The van der Waals surface area contributed by atoms with E-state index >= 15 is 0 Å². The molecule has 2 heterocycles. The van der Waals surface area contributed by atoms with Crippen LogP contribution in [0.25, 0.3) is 0 Å². The highest BCUT2D eigenvalue weighted by atomic mass is 79.9. The third-order valence-electron chi connectivity index (χ3n) is 3.41. The van der Waals surface area contributed by atoms with Gasteiger partial charge in [-0.2, -0.15) is 5.10 Å². The van der Waals surface area contributed by atoms with E-state index in [1.165, 1.54) is 0 Å². The number of aromatic nitrogens is 2. The number of hydrogen-bond donors (Lipinski definition) is 2. The lowest BCUT2D eigenvalue weighted by Crippen LogP contribution is -2.44.